The predicted octanol–water partition coefficient (Wildman–Crippen LogP) is 1.84. The van der Waals surface area contributed by atoms with Crippen LogP contribution in [-0.4, -0.2) is 73.3 Å². The summed E-state index contributed by atoms with van der Waals surface area (Å²) >= 11 is 0. The summed E-state index contributed by atoms with van der Waals surface area (Å²) in [6, 6.07) is -0.0928. The first kappa shape index (κ1) is 21.1. The average molecular weight is 357 g/mol. The SMILES string of the molecule is COC(=O)N(C)CC(=O)N1CCC(NC(=O)OC(C)(C)C)C(C)(C)C1. The van der Waals surface area contributed by atoms with Crippen molar-refractivity contribution in [1.82, 2.24) is 15.1 Å². The molecule has 1 heterocycles. The van der Waals surface area contributed by atoms with Crippen molar-refractivity contribution in [3.63, 3.8) is 0 Å². The third-order valence-electron chi connectivity index (χ3n) is 4.13. The monoisotopic (exact) mass is 357 g/mol. The fraction of sp³-hybridized carbons (Fsp3) is 0.824. The summed E-state index contributed by atoms with van der Waals surface area (Å²) in [6.45, 7) is 10.4. The minimum atomic E-state index is -0.552. The molecule has 8 heteroatoms. The van der Waals surface area contributed by atoms with Crippen LogP contribution in [-0.2, 0) is 14.3 Å². The van der Waals surface area contributed by atoms with Crippen LogP contribution in [0.2, 0.25) is 0 Å². The molecule has 0 spiro atoms. The van der Waals surface area contributed by atoms with Crippen LogP contribution < -0.4 is 5.32 Å². The van der Waals surface area contributed by atoms with Crippen LogP contribution in [0.3, 0.4) is 0 Å². The fourth-order valence-corrected chi connectivity index (χ4v) is 2.81. The number of alkyl carbamates (subject to hydrolysis) is 1. The van der Waals surface area contributed by atoms with Crippen LogP contribution in [0.15, 0.2) is 0 Å². The topological polar surface area (TPSA) is 88.2 Å². The number of nitrogens with zero attached hydrogens (tertiary/aromatic N) is 2. The molecule has 1 atom stereocenters. The molecule has 1 fully saturated rings. The van der Waals surface area contributed by atoms with Crippen LogP contribution in [0.4, 0.5) is 9.59 Å². The van der Waals surface area contributed by atoms with Gasteiger partial charge in [0.1, 0.15) is 12.1 Å². The highest BCUT2D eigenvalue weighted by molar-refractivity contribution is 5.82. The van der Waals surface area contributed by atoms with Gasteiger partial charge in [-0.05, 0) is 27.2 Å². The summed E-state index contributed by atoms with van der Waals surface area (Å²) in [6.07, 6.45) is -0.371. The van der Waals surface area contributed by atoms with E-state index in [0.717, 1.165) is 0 Å². The molecule has 0 radical (unpaired) electrons. The van der Waals surface area contributed by atoms with E-state index in [1.807, 2.05) is 34.6 Å². The Hall–Kier alpha value is -1.99. The number of ether oxygens (including phenoxy) is 2. The van der Waals surface area contributed by atoms with E-state index in [-0.39, 0.29) is 23.9 Å². The van der Waals surface area contributed by atoms with Crippen LogP contribution in [0, 0.1) is 5.41 Å². The van der Waals surface area contributed by atoms with Crippen molar-refractivity contribution in [2.45, 2.75) is 52.7 Å². The molecule has 0 saturated carbocycles. The van der Waals surface area contributed by atoms with Gasteiger partial charge in [0.2, 0.25) is 5.91 Å². The zero-order valence-corrected chi connectivity index (χ0v) is 16.3. The number of nitrogens with one attached hydrogen (secondary N) is 1. The van der Waals surface area contributed by atoms with Crippen LogP contribution in [0.1, 0.15) is 41.0 Å². The molecule has 8 nitrogen and oxygen atoms in total. The van der Waals surface area contributed by atoms with Crippen molar-refractivity contribution in [2.75, 3.05) is 33.8 Å². The van der Waals surface area contributed by atoms with Crippen molar-refractivity contribution in [2.24, 2.45) is 5.41 Å². The van der Waals surface area contributed by atoms with Crippen molar-refractivity contribution >= 4 is 18.1 Å². The quantitative estimate of drug-likeness (QED) is 0.832. The first-order valence-corrected chi connectivity index (χ1v) is 8.42. The van der Waals surface area contributed by atoms with E-state index in [1.165, 1.54) is 19.1 Å². The average Bonchev–Trinajstić information content (AvgIpc) is 2.45. The van der Waals surface area contributed by atoms with E-state index in [4.69, 9.17) is 4.74 Å². The molecular weight excluding hydrogens is 326 g/mol. The van der Waals surface area contributed by atoms with Crippen molar-refractivity contribution in [1.29, 1.82) is 0 Å². The maximum absolute atomic E-state index is 12.4. The molecule has 144 valence electrons. The van der Waals surface area contributed by atoms with Crippen molar-refractivity contribution < 1.29 is 23.9 Å². The highest BCUT2D eigenvalue weighted by Gasteiger charge is 2.39. The molecule has 1 saturated heterocycles. The second-order valence-corrected chi connectivity index (χ2v) is 8.12. The molecule has 1 aliphatic rings. The van der Waals surface area contributed by atoms with E-state index in [9.17, 15) is 14.4 Å². The third-order valence-corrected chi connectivity index (χ3v) is 4.13. The summed E-state index contributed by atoms with van der Waals surface area (Å²) in [7, 11) is 2.80. The number of piperidine rings is 1. The van der Waals surface area contributed by atoms with Crippen LogP contribution in [0.5, 0.6) is 0 Å². The molecule has 25 heavy (non-hydrogen) atoms. The predicted molar refractivity (Wildman–Crippen MR) is 93.2 cm³/mol. The number of carbonyl (C=O) groups excluding carboxylic acids is 3. The van der Waals surface area contributed by atoms with Gasteiger partial charge in [0.25, 0.3) is 0 Å². The smallest absolute Gasteiger partial charge is 0.409 e. The second kappa shape index (κ2) is 7.93. The summed E-state index contributed by atoms with van der Waals surface area (Å²) < 4.78 is 9.91. The number of hydrogen-bond acceptors (Lipinski definition) is 5. The number of amides is 3. The van der Waals surface area contributed by atoms with Gasteiger partial charge in [-0.15, -0.1) is 0 Å². The van der Waals surface area contributed by atoms with E-state index < -0.39 is 17.8 Å². The molecular formula is C17H31N3O5. The molecule has 0 aromatic carbocycles. The first-order valence-electron chi connectivity index (χ1n) is 8.42. The molecule has 1 aliphatic heterocycles. The molecule has 1 unspecified atom stereocenters. The maximum atomic E-state index is 12.4. The van der Waals surface area contributed by atoms with Crippen molar-refractivity contribution in [3.8, 4) is 0 Å². The molecule has 0 aromatic heterocycles. The Morgan fingerprint density at radius 3 is 2.36 bits per heavy atom. The highest BCUT2D eigenvalue weighted by Crippen LogP contribution is 2.29. The lowest BCUT2D eigenvalue weighted by Crippen LogP contribution is -2.58. The zero-order chi connectivity index (χ0) is 19.4. The highest BCUT2D eigenvalue weighted by atomic mass is 16.6. The Balaban J connectivity index is 2.62. The number of likely N-dealkylation sites (tertiary alicyclic amines) is 1. The Labute approximate surface area is 149 Å². The lowest BCUT2D eigenvalue weighted by atomic mass is 9.79. The first-order chi connectivity index (χ1) is 11.4. The van der Waals surface area contributed by atoms with E-state index in [2.05, 4.69) is 10.1 Å². The van der Waals surface area contributed by atoms with E-state index in [1.54, 1.807) is 4.90 Å². The molecule has 1 rings (SSSR count). The molecule has 3 amide bonds. The Kier molecular flexibility index (Phi) is 6.68. The Bertz CT molecular complexity index is 513. The van der Waals surface area contributed by atoms with Gasteiger partial charge in [-0.3, -0.25) is 4.79 Å². The molecule has 0 bridgehead atoms. The fourth-order valence-electron chi connectivity index (χ4n) is 2.81. The normalized spacial score (nSPS) is 19.8. The van der Waals surface area contributed by atoms with Gasteiger partial charge < -0.3 is 24.6 Å². The largest absolute Gasteiger partial charge is 0.453 e. The van der Waals surface area contributed by atoms with Gasteiger partial charge in [0.05, 0.1) is 7.11 Å². The van der Waals surface area contributed by atoms with E-state index in [0.29, 0.717) is 19.5 Å². The molecule has 1 N–H and O–H groups in total. The number of rotatable bonds is 3. The number of carbonyl (C=O) groups is 3. The number of hydrogen-bond donors (Lipinski definition) is 1. The second-order valence-electron chi connectivity index (χ2n) is 8.12. The van der Waals surface area contributed by atoms with Gasteiger partial charge in [-0.25, -0.2) is 9.59 Å². The molecule has 0 aliphatic carbocycles. The Morgan fingerprint density at radius 1 is 1.28 bits per heavy atom. The van der Waals surface area contributed by atoms with Crippen LogP contribution >= 0.6 is 0 Å². The van der Waals surface area contributed by atoms with E-state index >= 15 is 0 Å². The van der Waals surface area contributed by atoms with Gasteiger partial charge in [0, 0.05) is 31.6 Å². The van der Waals surface area contributed by atoms with Gasteiger partial charge in [0.15, 0.2) is 0 Å². The third kappa shape index (κ3) is 6.43. The zero-order valence-electron chi connectivity index (χ0n) is 16.3. The van der Waals surface area contributed by atoms with Crippen molar-refractivity contribution in [3.05, 3.63) is 0 Å². The Morgan fingerprint density at radius 2 is 1.88 bits per heavy atom. The standard InChI is InChI=1S/C17H31N3O5/c1-16(2,3)25-14(22)18-12-8-9-20(11-17(12,4)5)13(21)10-19(6)15(23)24-7/h12H,8-11H2,1-7H3,(H,18,22). The van der Waals surface area contributed by atoms with Gasteiger partial charge in [-0.1, -0.05) is 13.8 Å². The maximum Gasteiger partial charge on any atom is 0.409 e. The lowest BCUT2D eigenvalue weighted by molar-refractivity contribution is -0.135. The molecule has 0 aromatic rings. The summed E-state index contributed by atoms with van der Waals surface area (Å²) in [4.78, 5) is 38.8. The number of likely N-dealkylation sites (N-methyl/N-ethyl adjacent to an activating group) is 1. The minimum absolute atomic E-state index is 0.0348. The summed E-state index contributed by atoms with van der Waals surface area (Å²) in [5, 5.41) is 2.91. The minimum Gasteiger partial charge on any atom is -0.453 e. The summed E-state index contributed by atoms with van der Waals surface area (Å²) in [5.74, 6) is -0.142. The number of methoxy groups -OCH3 is 1. The van der Waals surface area contributed by atoms with Gasteiger partial charge >= 0.3 is 12.2 Å². The van der Waals surface area contributed by atoms with Gasteiger partial charge in [-0.2, -0.15) is 0 Å². The summed E-state index contributed by atoms with van der Waals surface area (Å²) in [5.41, 5.74) is -0.863. The lowest BCUT2D eigenvalue weighted by Gasteiger charge is -2.44. The van der Waals surface area contributed by atoms with Crippen LogP contribution in [0.25, 0.3) is 0 Å².